The molecule has 2 N–H and O–H groups in total. The van der Waals surface area contributed by atoms with Crippen LogP contribution in [-0.4, -0.2) is 40.1 Å². The van der Waals surface area contributed by atoms with Gasteiger partial charge in [-0.15, -0.1) is 0 Å². The van der Waals surface area contributed by atoms with E-state index < -0.39 is 0 Å². The van der Waals surface area contributed by atoms with Gasteiger partial charge in [-0.2, -0.15) is 10.2 Å². The number of ether oxygens (including phenoxy) is 2. The summed E-state index contributed by atoms with van der Waals surface area (Å²) in [7, 11) is 3.16. The van der Waals surface area contributed by atoms with E-state index in [1.165, 1.54) is 0 Å². The van der Waals surface area contributed by atoms with Crippen molar-refractivity contribution in [2.24, 2.45) is 0 Å². The van der Waals surface area contributed by atoms with Crippen LogP contribution >= 0.6 is 0 Å². The third-order valence-corrected chi connectivity index (χ3v) is 5.11. The zero-order valence-corrected chi connectivity index (χ0v) is 18.4. The lowest BCUT2D eigenvalue weighted by atomic mass is 10.1. The number of anilines is 1. The number of amides is 1. The highest BCUT2D eigenvalue weighted by Gasteiger charge is 2.21. The number of aromatic nitrogens is 4. The first kappa shape index (κ1) is 21.2. The second-order valence-electron chi connectivity index (χ2n) is 7.56. The van der Waals surface area contributed by atoms with Crippen molar-refractivity contribution in [2.45, 2.75) is 19.8 Å². The minimum absolute atomic E-state index is 0.271. The Morgan fingerprint density at radius 2 is 1.78 bits per heavy atom. The highest BCUT2D eigenvalue weighted by atomic mass is 16.5. The van der Waals surface area contributed by atoms with E-state index in [0.717, 1.165) is 16.9 Å². The van der Waals surface area contributed by atoms with Gasteiger partial charge >= 0.3 is 0 Å². The van der Waals surface area contributed by atoms with Gasteiger partial charge in [0.15, 0.2) is 23.0 Å². The number of carbonyl (C=O) groups is 1. The topological polar surface area (TPSA) is 94.1 Å². The first-order valence-corrected chi connectivity index (χ1v) is 10.2. The number of nitrogens with one attached hydrogen (secondary N) is 2. The van der Waals surface area contributed by atoms with Gasteiger partial charge in [0, 0.05) is 23.5 Å². The van der Waals surface area contributed by atoms with E-state index in [1.807, 2.05) is 54.7 Å². The molecule has 0 saturated heterocycles. The normalized spacial score (nSPS) is 10.9. The minimum atomic E-state index is -0.355. The molecule has 164 valence electrons. The monoisotopic (exact) mass is 431 g/mol. The Balaban J connectivity index is 1.76. The molecule has 8 nitrogen and oxygen atoms in total. The molecule has 0 saturated carbocycles. The molecule has 32 heavy (non-hydrogen) atoms. The standard InChI is InChI=1S/C24H25N5O3/c1-15(2)19-13-22(27-26-19)25-24(30)23-18(14-29(28-23)17-8-6-5-7-9-17)16-10-11-20(31-3)21(12-16)32-4/h5-15H,1-4H3,(H2,25,26,27,30). The summed E-state index contributed by atoms with van der Waals surface area (Å²) in [5.41, 5.74) is 3.49. The van der Waals surface area contributed by atoms with Crippen LogP contribution < -0.4 is 14.8 Å². The summed E-state index contributed by atoms with van der Waals surface area (Å²) in [5, 5.41) is 14.6. The van der Waals surface area contributed by atoms with Crippen LogP contribution in [0.15, 0.2) is 60.8 Å². The molecule has 0 fully saturated rings. The van der Waals surface area contributed by atoms with Crippen LogP contribution in [0.2, 0.25) is 0 Å². The van der Waals surface area contributed by atoms with Crippen LogP contribution in [0.5, 0.6) is 11.5 Å². The third-order valence-electron chi connectivity index (χ3n) is 5.11. The highest BCUT2D eigenvalue weighted by Crippen LogP contribution is 2.34. The summed E-state index contributed by atoms with van der Waals surface area (Å²) in [5.74, 6) is 1.54. The van der Waals surface area contributed by atoms with Crippen LogP contribution in [-0.2, 0) is 0 Å². The smallest absolute Gasteiger partial charge is 0.278 e. The summed E-state index contributed by atoms with van der Waals surface area (Å²) < 4.78 is 12.5. The summed E-state index contributed by atoms with van der Waals surface area (Å²) in [6, 6.07) is 17.0. The maximum Gasteiger partial charge on any atom is 0.278 e. The van der Waals surface area contributed by atoms with E-state index in [1.54, 1.807) is 25.0 Å². The molecule has 0 spiro atoms. The molecular weight excluding hydrogens is 406 g/mol. The number of hydrogen-bond donors (Lipinski definition) is 2. The van der Waals surface area contributed by atoms with E-state index in [-0.39, 0.29) is 17.5 Å². The van der Waals surface area contributed by atoms with Crippen molar-refractivity contribution >= 4 is 11.7 Å². The number of methoxy groups -OCH3 is 2. The van der Waals surface area contributed by atoms with Crippen LogP contribution in [0.25, 0.3) is 16.8 Å². The van der Waals surface area contributed by atoms with E-state index in [2.05, 4.69) is 34.5 Å². The van der Waals surface area contributed by atoms with Gasteiger partial charge in [0.05, 0.1) is 19.9 Å². The zero-order chi connectivity index (χ0) is 22.7. The van der Waals surface area contributed by atoms with E-state index >= 15 is 0 Å². The number of H-pyrrole nitrogens is 1. The Morgan fingerprint density at radius 1 is 1.03 bits per heavy atom. The van der Waals surface area contributed by atoms with Crippen molar-refractivity contribution in [1.29, 1.82) is 0 Å². The molecule has 0 unspecified atom stereocenters. The molecule has 2 aromatic carbocycles. The molecule has 0 aliphatic rings. The number of nitrogens with zero attached hydrogens (tertiary/aromatic N) is 3. The number of aromatic amines is 1. The molecule has 8 heteroatoms. The van der Waals surface area contributed by atoms with Crippen LogP contribution in [0.4, 0.5) is 5.82 Å². The molecule has 0 aliphatic heterocycles. The van der Waals surface area contributed by atoms with Crippen molar-refractivity contribution in [1.82, 2.24) is 20.0 Å². The first-order valence-electron chi connectivity index (χ1n) is 10.2. The van der Waals surface area contributed by atoms with Crippen LogP contribution in [0, 0.1) is 0 Å². The number of para-hydroxylation sites is 1. The average molecular weight is 431 g/mol. The molecule has 2 aromatic heterocycles. The Bertz CT molecular complexity index is 1230. The molecule has 4 aromatic rings. The fourth-order valence-corrected chi connectivity index (χ4v) is 3.34. The Morgan fingerprint density at radius 3 is 2.44 bits per heavy atom. The summed E-state index contributed by atoms with van der Waals surface area (Å²) in [4.78, 5) is 13.2. The lowest BCUT2D eigenvalue weighted by molar-refractivity contribution is 0.102. The number of rotatable bonds is 7. The Kier molecular flexibility index (Phi) is 5.93. The molecule has 2 heterocycles. The highest BCUT2D eigenvalue weighted by molar-refractivity contribution is 6.07. The van der Waals surface area contributed by atoms with Gasteiger partial charge in [0.1, 0.15) is 0 Å². The molecule has 0 aliphatic carbocycles. The van der Waals surface area contributed by atoms with Crippen molar-refractivity contribution in [3.8, 4) is 28.3 Å². The van der Waals surface area contributed by atoms with Gasteiger partial charge in [-0.05, 0) is 35.7 Å². The van der Waals surface area contributed by atoms with Gasteiger partial charge < -0.3 is 14.8 Å². The molecule has 4 rings (SSSR count). The minimum Gasteiger partial charge on any atom is -0.493 e. The Labute approximate surface area is 186 Å². The number of hydrogen-bond acceptors (Lipinski definition) is 5. The molecule has 0 bridgehead atoms. The number of benzene rings is 2. The lowest BCUT2D eigenvalue weighted by Crippen LogP contribution is -2.14. The second-order valence-corrected chi connectivity index (χ2v) is 7.56. The largest absolute Gasteiger partial charge is 0.493 e. The first-order chi connectivity index (χ1) is 15.5. The molecule has 0 radical (unpaired) electrons. The average Bonchev–Trinajstić information content (AvgIpc) is 3.47. The fourth-order valence-electron chi connectivity index (χ4n) is 3.34. The SMILES string of the molecule is COc1ccc(-c2cn(-c3ccccc3)nc2C(=O)Nc2cc(C(C)C)[nH]n2)cc1OC. The van der Waals surface area contributed by atoms with Crippen molar-refractivity contribution in [3.05, 3.63) is 72.2 Å². The zero-order valence-electron chi connectivity index (χ0n) is 18.4. The van der Waals surface area contributed by atoms with Crippen molar-refractivity contribution < 1.29 is 14.3 Å². The van der Waals surface area contributed by atoms with E-state index in [0.29, 0.717) is 22.9 Å². The van der Waals surface area contributed by atoms with E-state index in [4.69, 9.17) is 9.47 Å². The molecular formula is C24H25N5O3. The maximum absolute atomic E-state index is 13.2. The lowest BCUT2D eigenvalue weighted by Gasteiger charge is -2.09. The van der Waals surface area contributed by atoms with E-state index in [9.17, 15) is 4.79 Å². The summed E-state index contributed by atoms with van der Waals surface area (Å²) >= 11 is 0. The van der Waals surface area contributed by atoms with Crippen LogP contribution in [0.3, 0.4) is 0 Å². The van der Waals surface area contributed by atoms with Crippen molar-refractivity contribution in [3.63, 3.8) is 0 Å². The Hall–Kier alpha value is -4.07. The maximum atomic E-state index is 13.2. The number of carbonyl (C=O) groups excluding carboxylic acids is 1. The van der Waals surface area contributed by atoms with Gasteiger partial charge in [-0.3, -0.25) is 9.89 Å². The predicted octanol–water partition coefficient (Wildman–Crippen LogP) is 4.66. The predicted molar refractivity (Wildman–Crippen MR) is 123 cm³/mol. The molecule has 1 amide bonds. The summed E-state index contributed by atoms with van der Waals surface area (Å²) in [6.07, 6.45) is 1.83. The third kappa shape index (κ3) is 4.20. The van der Waals surface area contributed by atoms with Gasteiger partial charge in [-0.25, -0.2) is 4.68 Å². The molecule has 0 atom stereocenters. The fraction of sp³-hybridized carbons (Fsp3) is 0.208. The quantitative estimate of drug-likeness (QED) is 0.444. The van der Waals surface area contributed by atoms with Crippen LogP contribution in [0.1, 0.15) is 35.9 Å². The van der Waals surface area contributed by atoms with Gasteiger partial charge in [0.2, 0.25) is 0 Å². The second kappa shape index (κ2) is 8.97. The van der Waals surface area contributed by atoms with Crippen molar-refractivity contribution in [2.75, 3.05) is 19.5 Å². The van der Waals surface area contributed by atoms with Gasteiger partial charge in [0.25, 0.3) is 5.91 Å². The summed E-state index contributed by atoms with van der Waals surface area (Å²) in [6.45, 7) is 4.10. The van der Waals surface area contributed by atoms with Gasteiger partial charge in [-0.1, -0.05) is 38.1 Å².